The molecule has 3 rings (SSSR count). The number of carbonyl (C=O) groups excluding carboxylic acids is 1. The minimum Gasteiger partial charge on any atom is -0.383 e. The number of fused-ring (bicyclic) bond motifs is 1. The van der Waals surface area contributed by atoms with Gasteiger partial charge < -0.3 is 11.1 Å². The maximum absolute atomic E-state index is 12.0. The highest BCUT2D eigenvalue weighted by Gasteiger charge is 2.20. The number of rotatable bonds is 4. The Morgan fingerprint density at radius 2 is 2.16 bits per heavy atom. The van der Waals surface area contributed by atoms with Crippen LogP contribution in [0.3, 0.4) is 0 Å². The second kappa shape index (κ2) is 4.88. The van der Waals surface area contributed by atoms with Gasteiger partial charge in [-0.15, -0.1) is 0 Å². The van der Waals surface area contributed by atoms with Crippen LogP contribution in [-0.2, 0) is 0 Å². The molecule has 1 aliphatic carbocycles. The maximum Gasteiger partial charge on any atom is 0.269 e. The molecule has 0 atom stereocenters. The number of hydrogen-bond donors (Lipinski definition) is 2. The van der Waals surface area contributed by atoms with Gasteiger partial charge in [0.05, 0.1) is 0 Å². The number of pyridine rings is 1. The van der Waals surface area contributed by atoms with Gasteiger partial charge in [0.25, 0.3) is 5.91 Å². The fraction of sp³-hybridized carbons (Fsp3) is 0.333. The number of amides is 1. The number of aromatic nitrogens is 1. The van der Waals surface area contributed by atoms with Crippen molar-refractivity contribution >= 4 is 22.5 Å². The van der Waals surface area contributed by atoms with Gasteiger partial charge in [-0.1, -0.05) is 37.1 Å². The summed E-state index contributed by atoms with van der Waals surface area (Å²) in [5, 5.41) is 4.74. The normalized spacial score (nSPS) is 14.5. The van der Waals surface area contributed by atoms with Gasteiger partial charge in [0, 0.05) is 11.9 Å². The molecule has 1 amide bonds. The van der Waals surface area contributed by atoms with Crippen molar-refractivity contribution < 1.29 is 4.79 Å². The zero-order valence-corrected chi connectivity index (χ0v) is 10.7. The van der Waals surface area contributed by atoms with E-state index in [-0.39, 0.29) is 5.91 Å². The van der Waals surface area contributed by atoms with Gasteiger partial charge in [0.15, 0.2) is 0 Å². The third kappa shape index (κ3) is 2.67. The number of hydrogen-bond acceptors (Lipinski definition) is 3. The summed E-state index contributed by atoms with van der Waals surface area (Å²) in [6.07, 6.45) is 3.67. The fourth-order valence-electron chi connectivity index (χ4n) is 2.23. The quantitative estimate of drug-likeness (QED) is 0.881. The Kier molecular flexibility index (Phi) is 3.07. The fourth-order valence-corrected chi connectivity index (χ4v) is 2.23. The standard InChI is InChI=1S/C15H17N3O/c16-14-12-4-2-1-3-11(12)9-13(18-14)15(19)17-8-7-10-5-6-10/h1-4,9-10H,5-8H2,(H2,16,18)(H,17,19). The first kappa shape index (κ1) is 12.0. The first-order chi connectivity index (χ1) is 9.24. The molecule has 0 saturated heterocycles. The number of anilines is 1. The topological polar surface area (TPSA) is 68.0 Å². The van der Waals surface area contributed by atoms with Crippen LogP contribution in [0, 0.1) is 5.92 Å². The molecule has 2 aromatic rings. The lowest BCUT2D eigenvalue weighted by Crippen LogP contribution is -2.25. The molecule has 1 fully saturated rings. The van der Waals surface area contributed by atoms with Crippen molar-refractivity contribution in [3.63, 3.8) is 0 Å². The van der Waals surface area contributed by atoms with Crippen LogP contribution in [0.25, 0.3) is 10.8 Å². The van der Waals surface area contributed by atoms with Crippen LogP contribution in [-0.4, -0.2) is 17.4 Å². The summed E-state index contributed by atoms with van der Waals surface area (Å²) in [4.78, 5) is 16.2. The predicted molar refractivity (Wildman–Crippen MR) is 75.8 cm³/mol. The molecule has 0 bridgehead atoms. The summed E-state index contributed by atoms with van der Waals surface area (Å²) in [5.74, 6) is 1.08. The molecule has 1 aromatic heterocycles. The monoisotopic (exact) mass is 255 g/mol. The Bertz CT molecular complexity index is 620. The molecule has 1 aromatic carbocycles. The van der Waals surface area contributed by atoms with Gasteiger partial charge in [0.2, 0.25) is 0 Å². The minimum atomic E-state index is -0.141. The minimum absolute atomic E-state index is 0.141. The van der Waals surface area contributed by atoms with E-state index < -0.39 is 0 Å². The molecule has 0 radical (unpaired) electrons. The van der Waals surface area contributed by atoms with Crippen LogP contribution < -0.4 is 11.1 Å². The van der Waals surface area contributed by atoms with Crippen molar-refractivity contribution in [3.8, 4) is 0 Å². The SMILES string of the molecule is Nc1nc(C(=O)NCCC2CC2)cc2ccccc12. The summed E-state index contributed by atoms with van der Waals surface area (Å²) in [6, 6.07) is 9.48. The Labute approximate surface area is 112 Å². The second-order valence-electron chi connectivity index (χ2n) is 5.10. The van der Waals surface area contributed by atoms with Crippen molar-refractivity contribution in [2.24, 2.45) is 5.92 Å². The number of nitrogens with zero attached hydrogens (tertiary/aromatic N) is 1. The van der Waals surface area contributed by atoms with E-state index in [1.165, 1.54) is 12.8 Å². The van der Waals surface area contributed by atoms with Crippen molar-refractivity contribution in [1.82, 2.24) is 10.3 Å². The smallest absolute Gasteiger partial charge is 0.269 e. The number of carbonyl (C=O) groups is 1. The van der Waals surface area contributed by atoms with Crippen molar-refractivity contribution in [2.75, 3.05) is 12.3 Å². The average molecular weight is 255 g/mol. The van der Waals surface area contributed by atoms with Gasteiger partial charge >= 0.3 is 0 Å². The van der Waals surface area contributed by atoms with Gasteiger partial charge in [0.1, 0.15) is 11.5 Å². The van der Waals surface area contributed by atoms with Crippen molar-refractivity contribution in [2.45, 2.75) is 19.3 Å². The van der Waals surface area contributed by atoms with E-state index in [0.29, 0.717) is 11.5 Å². The molecule has 1 heterocycles. The zero-order valence-electron chi connectivity index (χ0n) is 10.7. The largest absolute Gasteiger partial charge is 0.383 e. The van der Waals surface area contributed by atoms with E-state index in [0.717, 1.165) is 29.7 Å². The van der Waals surface area contributed by atoms with Gasteiger partial charge in [-0.2, -0.15) is 0 Å². The van der Waals surface area contributed by atoms with Crippen LogP contribution >= 0.6 is 0 Å². The summed E-state index contributed by atoms with van der Waals surface area (Å²) in [6.45, 7) is 0.720. The molecule has 19 heavy (non-hydrogen) atoms. The molecular formula is C15H17N3O. The Hall–Kier alpha value is -2.10. The lowest BCUT2D eigenvalue weighted by atomic mass is 10.1. The lowest BCUT2D eigenvalue weighted by molar-refractivity contribution is 0.0948. The lowest BCUT2D eigenvalue weighted by Gasteiger charge is -2.07. The Morgan fingerprint density at radius 3 is 2.95 bits per heavy atom. The van der Waals surface area contributed by atoms with Crippen LogP contribution in [0.4, 0.5) is 5.82 Å². The predicted octanol–water partition coefficient (Wildman–Crippen LogP) is 2.35. The number of nitrogens with one attached hydrogen (secondary N) is 1. The van der Waals surface area contributed by atoms with E-state index in [1.807, 2.05) is 24.3 Å². The summed E-state index contributed by atoms with van der Waals surface area (Å²) in [7, 11) is 0. The van der Waals surface area contributed by atoms with Crippen LogP contribution in [0.15, 0.2) is 30.3 Å². The molecule has 1 saturated carbocycles. The van der Waals surface area contributed by atoms with Crippen LogP contribution in [0.2, 0.25) is 0 Å². The van der Waals surface area contributed by atoms with Crippen LogP contribution in [0.1, 0.15) is 29.8 Å². The highest BCUT2D eigenvalue weighted by molar-refractivity contribution is 5.99. The van der Waals surface area contributed by atoms with Crippen LogP contribution in [0.5, 0.6) is 0 Å². The summed E-state index contributed by atoms with van der Waals surface area (Å²) < 4.78 is 0. The molecular weight excluding hydrogens is 238 g/mol. The Balaban J connectivity index is 1.77. The van der Waals surface area contributed by atoms with E-state index >= 15 is 0 Å². The van der Waals surface area contributed by atoms with E-state index in [1.54, 1.807) is 6.07 Å². The molecule has 98 valence electrons. The van der Waals surface area contributed by atoms with E-state index in [4.69, 9.17) is 5.73 Å². The number of nitrogens with two attached hydrogens (primary N) is 1. The van der Waals surface area contributed by atoms with E-state index in [9.17, 15) is 4.79 Å². The molecule has 1 aliphatic rings. The maximum atomic E-state index is 12.0. The van der Waals surface area contributed by atoms with Crippen molar-refractivity contribution in [1.29, 1.82) is 0 Å². The third-order valence-corrected chi connectivity index (χ3v) is 3.54. The molecule has 0 unspecified atom stereocenters. The van der Waals surface area contributed by atoms with Gasteiger partial charge in [-0.05, 0) is 23.8 Å². The van der Waals surface area contributed by atoms with Gasteiger partial charge in [-0.3, -0.25) is 4.79 Å². The molecule has 3 N–H and O–H groups in total. The second-order valence-corrected chi connectivity index (χ2v) is 5.10. The first-order valence-electron chi connectivity index (χ1n) is 6.67. The molecule has 4 nitrogen and oxygen atoms in total. The molecule has 4 heteroatoms. The molecule has 0 aliphatic heterocycles. The first-order valence-corrected chi connectivity index (χ1v) is 6.67. The van der Waals surface area contributed by atoms with Gasteiger partial charge in [-0.25, -0.2) is 4.98 Å². The Morgan fingerprint density at radius 1 is 1.37 bits per heavy atom. The van der Waals surface area contributed by atoms with E-state index in [2.05, 4.69) is 10.3 Å². The average Bonchev–Trinajstić information content (AvgIpc) is 3.23. The number of nitrogen functional groups attached to an aromatic ring is 1. The summed E-state index contributed by atoms with van der Waals surface area (Å²) in [5.41, 5.74) is 6.29. The summed E-state index contributed by atoms with van der Waals surface area (Å²) >= 11 is 0. The van der Waals surface area contributed by atoms with Crippen molar-refractivity contribution in [3.05, 3.63) is 36.0 Å². The third-order valence-electron chi connectivity index (χ3n) is 3.54. The highest BCUT2D eigenvalue weighted by atomic mass is 16.1. The number of benzene rings is 1. The zero-order chi connectivity index (χ0) is 13.2. The molecule has 0 spiro atoms. The highest BCUT2D eigenvalue weighted by Crippen LogP contribution is 2.31.